The zero-order valence-corrected chi connectivity index (χ0v) is 7.93. The van der Waals surface area contributed by atoms with Crippen LogP contribution in [-0.2, 0) is 0 Å². The van der Waals surface area contributed by atoms with Crippen LogP contribution in [0.5, 0.6) is 0 Å². The van der Waals surface area contributed by atoms with Gasteiger partial charge in [0.1, 0.15) is 0 Å². The molecule has 2 unspecified atom stereocenters. The Balaban J connectivity index is 2.27. The van der Waals surface area contributed by atoms with E-state index in [1.807, 2.05) is 0 Å². The van der Waals surface area contributed by atoms with Gasteiger partial charge in [-0.15, -0.1) is 0 Å². The fourth-order valence-electron chi connectivity index (χ4n) is 1.62. The van der Waals surface area contributed by atoms with Crippen molar-refractivity contribution in [2.45, 2.75) is 38.8 Å². The molecule has 1 saturated heterocycles. The first kappa shape index (κ1) is 9.01. The van der Waals surface area contributed by atoms with Crippen LogP contribution in [0.3, 0.4) is 0 Å². The van der Waals surface area contributed by atoms with Crippen LogP contribution in [0, 0.1) is 0 Å². The molecule has 1 aliphatic heterocycles. The molecule has 0 bridgehead atoms. The molecule has 1 N–H and O–H groups in total. The Labute approximate surface area is 70.0 Å². The lowest BCUT2D eigenvalue weighted by atomic mass is 10.0. The molecule has 11 heavy (non-hydrogen) atoms. The molecule has 1 heterocycles. The van der Waals surface area contributed by atoms with Crippen LogP contribution in [0.2, 0.25) is 0 Å². The maximum absolute atomic E-state index is 3.51. The fraction of sp³-hybridized carbons (Fsp3) is 1.00. The molecule has 0 radical (unpaired) electrons. The van der Waals surface area contributed by atoms with Crippen LogP contribution < -0.4 is 5.32 Å². The first-order valence-corrected chi connectivity index (χ1v) is 4.67. The summed E-state index contributed by atoms with van der Waals surface area (Å²) < 4.78 is 0. The molecule has 0 amide bonds. The Morgan fingerprint density at radius 3 is 2.64 bits per heavy atom. The molecule has 2 heteroatoms. The molecule has 0 saturated carbocycles. The molecule has 66 valence electrons. The smallest absolute Gasteiger partial charge is 0.0218 e. The number of hydrogen-bond donors (Lipinski definition) is 1. The molecule has 0 spiro atoms. The minimum Gasteiger partial charge on any atom is -0.313 e. The van der Waals surface area contributed by atoms with Crippen LogP contribution >= 0.6 is 0 Å². The van der Waals surface area contributed by atoms with Crippen molar-refractivity contribution in [3.63, 3.8) is 0 Å². The van der Waals surface area contributed by atoms with E-state index in [9.17, 15) is 0 Å². The third-order valence-electron chi connectivity index (χ3n) is 2.76. The number of likely N-dealkylation sites (N-methyl/N-ethyl adjacent to an activating group) is 1. The lowest BCUT2D eigenvalue weighted by Crippen LogP contribution is -2.47. The fourth-order valence-corrected chi connectivity index (χ4v) is 1.62. The molecule has 2 atom stereocenters. The van der Waals surface area contributed by atoms with Gasteiger partial charge in [-0.05, 0) is 33.4 Å². The monoisotopic (exact) mass is 156 g/mol. The van der Waals surface area contributed by atoms with Crippen molar-refractivity contribution in [1.82, 2.24) is 10.2 Å². The zero-order valence-electron chi connectivity index (χ0n) is 7.93. The minimum atomic E-state index is 0.733. The maximum Gasteiger partial charge on any atom is 0.0218 e. The highest BCUT2D eigenvalue weighted by molar-refractivity contribution is 4.79. The highest BCUT2D eigenvalue weighted by Crippen LogP contribution is 2.11. The SMILES string of the molecule is CCN(C)C1CCC(C)NC1. The Bertz CT molecular complexity index is 106. The minimum absolute atomic E-state index is 0.733. The molecule has 0 aromatic carbocycles. The standard InChI is InChI=1S/C9H20N2/c1-4-11(3)9-6-5-8(2)10-7-9/h8-10H,4-7H2,1-3H3. The summed E-state index contributed by atoms with van der Waals surface area (Å²) in [5.74, 6) is 0. The summed E-state index contributed by atoms with van der Waals surface area (Å²) in [7, 11) is 2.21. The van der Waals surface area contributed by atoms with Crippen molar-refractivity contribution in [2.24, 2.45) is 0 Å². The van der Waals surface area contributed by atoms with Gasteiger partial charge in [0.25, 0.3) is 0 Å². The summed E-state index contributed by atoms with van der Waals surface area (Å²) in [6.45, 7) is 6.83. The first-order chi connectivity index (χ1) is 5.24. The average Bonchev–Trinajstić information content (AvgIpc) is 2.05. The van der Waals surface area contributed by atoms with Crippen molar-refractivity contribution in [3.8, 4) is 0 Å². The van der Waals surface area contributed by atoms with Gasteiger partial charge < -0.3 is 10.2 Å². The van der Waals surface area contributed by atoms with Crippen LogP contribution in [0.4, 0.5) is 0 Å². The molecule has 1 aliphatic rings. The number of nitrogens with zero attached hydrogens (tertiary/aromatic N) is 1. The predicted octanol–water partition coefficient (Wildman–Crippen LogP) is 1.08. The largest absolute Gasteiger partial charge is 0.313 e. The van der Waals surface area contributed by atoms with E-state index in [-0.39, 0.29) is 0 Å². The van der Waals surface area contributed by atoms with Gasteiger partial charge in [-0.1, -0.05) is 6.92 Å². The second-order valence-corrected chi connectivity index (χ2v) is 3.61. The van der Waals surface area contributed by atoms with Crippen molar-refractivity contribution >= 4 is 0 Å². The van der Waals surface area contributed by atoms with Gasteiger partial charge >= 0.3 is 0 Å². The van der Waals surface area contributed by atoms with Gasteiger partial charge in [0, 0.05) is 18.6 Å². The predicted molar refractivity (Wildman–Crippen MR) is 48.8 cm³/mol. The summed E-state index contributed by atoms with van der Waals surface area (Å²) in [4.78, 5) is 2.43. The molecule has 1 rings (SSSR count). The highest BCUT2D eigenvalue weighted by atomic mass is 15.2. The van der Waals surface area contributed by atoms with Crippen molar-refractivity contribution in [2.75, 3.05) is 20.1 Å². The van der Waals surface area contributed by atoms with Crippen molar-refractivity contribution < 1.29 is 0 Å². The summed E-state index contributed by atoms with van der Waals surface area (Å²) in [5, 5.41) is 3.51. The van der Waals surface area contributed by atoms with Crippen LogP contribution in [-0.4, -0.2) is 37.1 Å². The molecule has 0 aromatic heterocycles. The summed E-state index contributed by atoms with van der Waals surface area (Å²) >= 11 is 0. The van der Waals surface area contributed by atoms with Crippen LogP contribution in [0.15, 0.2) is 0 Å². The number of hydrogen-bond acceptors (Lipinski definition) is 2. The Kier molecular flexibility index (Phi) is 3.34. The number of piperidine rings is 1. The van der Waals surface area contributed by atoms with Crippen LogP contribution in [0.1, 0.15) is 26.7 Å². The molecule has 0 aromatic rings. The van der Waals surface area contributed by atoms with E-state index in [1.54, 1.807) is 0 Å². The molecular weight excluding hydrogens is 136 g/mol. The Morgan fingerprint density at radius 2 is 2.18 bits per heavy atom. The second-order valence-electron chi connectivity index (χ2n) is 3.61. The zero-order chi connectivity index (χ0) is 8.27. The second kappa shape index (κ2) is 4.07. The molecule has 1 fully saturated rings. The summed E-state index contributed by atoms with van der Waals surface area (Å²) in [6.07, 6.45) is 2.69. The van der Waals surface area contributed by atoms with E-state index in [0.29, 0.717) is 0 Å². The van der Waals surface area contributed by atoms with Gasteiger partial charge in [-0.25, -0.2) is 0 Å². The maximum atomic E-state index is 3.51. The summed E-state index contributed by atoms with van der Waals surface area (Å²) in [5.41, 5.74) is 0. The average molecular weight is 156 g/mol. The van der Waals surface area contributed by atoms with Crippen molar-refractivity contribution in [1.29, 1.82) is 0 Å². The van der Waals surface area contributed by atoms with Crippen molar-refractivity contribution in [3.05, 3.63) is 0 Å². The lowest BCUT2D eigenvalue weighted by molar-refractivity contribution is 0.195. The van der Waals surface area contributed by atoms with Gasteiger partial charge in [-0.2, -0.15) is 0 Å². The number of nitrogens with one attached hydrogen (secondary N) is 1. The van der Waals surface area contributed by atoms with E-state index >= 15 is 0 Å². The normalized spacial score (nSPS) is 32.7. The molecule has 2 nitrogen and oxygen atoms in total. The summed E-state index contributed by atoms with van der Waals surface area (Å²) in [6, 6.07) is 1.51. The highest BCUT2D eigenvalue weighted by Gasteiger charge is 2.19. The topological polar surface area (TPSA) is 15.3 Å². The Morgan fingerprint density at radius 1 is 1.45 bits per heavy atom. The number of rotatable bonds is 2. The third-order valence-corrected chi connectivity index (χ3v) is 2.76. The van der Waals surface area contributed by atoms with Gasteiger partial charge in [0.2, 0.25) is 0 Å². The van der Waals surface area contributed by atoms with E-state index in [4.69, 9.17) is 0 Å². The van der Waals surface area contributed by atoms with Gasteiger partial charge in [0.15, 0.2) is 0 Å². The van der Waals surface area contributed by atoms with E-state index < -0.39 is 0 Å². The van der Waals surface area contributed by atoms with Crippen LogP contribution in [0.25, 0.3) is 0 Å². The lowest BCUT2D eigenvalue weighted by Gasteiger charge is -2.33. The Hall–Kier alpha value is -0.0800. The van der Waals surface area contributed by atoms with E-state index in [2.05, 4.69) is 31.1 Å². The van der Waals surface area contributed by atoms with E-state index in [0.717, 1.165) is 12.1 Å². The van der Waals surface area contributed by atoms with Gasteiger partial charge in [0.05, 0.1) is 0 Å². The first-order valence-electron chi connectivity index (χ1n) is 4.67. The van der Waals surface area contributed by atoms with E-state index in [1.165, 1.54) is 25.9 Å². The van der Waals surface area contributed by atoms with Gasteiger partial charge in [-0.3, -0.25) is 0 Å². The molecular formula is C9H20N2. The molecule has 0 aliphatic carbocycles. The quantitative estimate of drug-likeness (QED) is 0.643. The third kappa shape index (κ3) is 2.46.